The minimum absolute atomic E-state index is 0.0711. The van der Waals surface area contributed by atoms with Gasteiger partial charge in [0.05, 0.1) is 30.9 Å². The van der Waals surface area contributed by atoms with Crippen molar-refractivity contribution in [1.29, 1.82) is 0 Å². The molecule has 0 aromatic heterocycles. The third-order valence-corrected chi connectivity index (χ3v) is 2.91. The van der Waals surface area contributed by atoms with Crippen LogP contribution in [0, 0.1) is 0 Å². The maximum absolute atomic E-state index is 12.1. The summed E-state index contributed by atoms with van der Waals surface area (Å²) in [6, 6.07) is 4.02. The highest BCUT2D eigenvalue weighted by Crippen LogP contribution is 2.24. The average molecular weight is 277 g/mol. The molecule has 0 atom stereocenters. The molecule has 1 heterocycles. The van der Waals surface area contributed by atoms with Crippen molar-refractivity contribution in [2.24, 2.45) is 0 Å². The highest BCUT2D eigenvalue weighted by Gasteiger charge is 2.37. The van der Waals surface area contributed by atoms with Gasteiger partial charge in [0.15, 0.2) is 0 Å². The van der Waals surface area contributed by atoms with Crippen LogP contribution in [0.5, 0.6) is 0 Å². The summed E-state index contributed by atoms with van der Waals surface area (Å²) in [5.41, 5.74) is 0.376. The number of hydrogen-bond acceptors (Lipinski definition) is 6. The van der Waals surface area contributed by atoms with Crippen LogP contribution in [0.25, 0.3) is 0 Å². The highest BCUT2D eigenvalue weighted by molar-refractivity contribution is 6.22. The largest absolute Gasteiger partial charge is 0.468 e. The van der Waals surface area contributed by atoms with E-state index in [1.807, 2.05) is 0 Å². The number of carbonyl (C=O) groups is 4. The number of carbonyl (C=O) groups excluding carboxylic acids is 4. The van der Waals surface area contributed by atoms with Crippen molar-refractivity contribution in [2.45, 2.75) is 0 Å². The molecule has 1 aromatic rings. The highest BCUT2D eigenvalue weighted by atomic mass is 16.5. The Morgan fingerprint density at radius 2 is 1.70 bits per heavy atom. The first-order chi connectivity index (χ1) is 9.49. The molecule has 0 spiro atoms. The first-order valence-corrected chi connectivity index (χ1v) is 5.65. The van der Waals surface area contributed by atoms with Gasteiger partial charge in [-0.3, -0.25) is 19.3 Å². The maximum Gasteiger partial charge on any atom is 0.337 e. The second-order valence-corrected chi connectivity index (χ2v) is 4.02. The first-order valence-electron chi connectivity index (χ1n) is 5.65. The molecule has 0 radical (unpaired) electrons. The van der Waals surface area contributed by atoms with Crippen LogP contribution in [0.3, 0.4) is 0 Å². The molecule has 7 heteroatoms. The molecule has 0 fully saturated rings. The number of esters is 2. The molecule has 20 heavy (non-hydrogen) atoms. The van der Waals surface area contributed by atoms with Gasteiger partial charge >= 0.3 is 11.9 Å². The van der Waals surface area contributed by atoms with Crippen molar-refractivity contribution in [3.63, 3.8) is 0 Å². The van der Waals surface area contributed by atoms with Crippen LogP contribution in [0.4, 0.5) is 0 Å². The van der Waals surface area contributed by atoms with Crippen molar-refractivity contribution >= 4 is 23.8 Å². The van der Waals surface area contributed by atoms with Crippen molar-refractivity contribution < 1.29 is 28.7 Å². The van der Waals surface area contributed by atoms with E-state index in [-0.39, 0.29) is 16.7 Å². The van der Waals surface area contributed by atoms with Gasteiger partial charge in [0.25, 0.3) is 11.8 Å². The fourth-order valence-electron chi connectivity index (χ4n) is 1.87. The van der Waals surface area contributed by atoms with Gasteiger partial charge in [-0.05, 0) is 18.2 Å². The summed E-state index contributed by atoms with van der Waals surface area (Å²) in [6.07, 6.45) is 0. The van der Waals surface area contributed by atoms with Gasteiger partial charge in [-0.2, -0.15) is 0 Å². The molecule has 0 aliphatic carbocycles. The Balaban J connectivity index is 2.36. The van der Waals surface area contributed by atoms with Crippen LogP contribution in [-0.2, 0) is 14.3 Å². The summed E-state index contributed by atoms with van der Waals surface area (Å²) in [7, 11) is 2.38. The standard InChI is InChI=1S/C13H11NO6/c1-19-10(15)6-14-11(16)8-4-3-7(13(18)20-2)5-9(8)12(14)17/h3-5H,6H2,1-2H3. The Morgan fingerprint density at radius 3 is 2.30 bits per heavy atom. The summed E-state index contributed by atoms with van der Waals surface area (Å²) in [6.45, 7) is -0.462. The number of methoxy groups -OCH3 is 2. The summed E-state index contributed by atoms with van der Waals surface area (Å²) in [5, 5.41) is 0. The lowest BCUT2D eigenvalue weighted by atomic mass is 10.1. The van der Waals surface area contributed by atoms with Crippen LogP contribution >= 0.6 is 0 Å². The molecule has 7 nitrogen and oxygen atoms in total. The minimum Gasteiger partial charge on any atom is -0.468 e. The van der Waals surface area contributed by atoms with E-state index in [1.165, 1.54) is 25.3 Å². The topological polar surface area (TPSA) is 90.0 Å². The van der Waals surface area contributed by atoms with Crippen LogP contribution in [0.2, 0.25) is 0 Å². The summed E-state index contributed by atoms with van der Waals surface area (Å²) >= 11 is 0. The maximum atomic E-state index is 12.1. The molecule has 0 unspecified atom stereocenters. The van der Waals surface area contributed by atoms with E-state index >= 15 is 0 Å². The third-order valence-electron chi connectivity index (χ3n) is 2.91. The Morgan fingerprint density at radius 1 is 1.05 bits per heavy atom. The minimum atomic E-state index is -0.701. The zero-order valence-electron chi connectivity index (χ0n) is 10.8. The molecular formula is C13H11NO6. The van der Waals surface area contributed by atoms with Crippen LogP contribution in [0.1, 0.15) is 31.1 Å². The van der Waals surface area contributed by atoms with E-state index in [0.717, 1.165) is 12.0 Å². The Labute approximate surface area is 114 Å². The average Bonchev–Trinajstić information content (AvgIpc) is 2.70. The van der Waals surface area contributed by atoms with E-state index in [2.05, 4.69) is 9.47 Å². The second kappa shape index (κ2) is 5.12. The van der Waals surface area contributed by atoms with Gasteiger partial charge in [-0.1, -0.05) is 0 Å². The molecule has 2 rings (SSSR count). The smallest absolute Gasteiger partial charge is 0.337 e. The van der Waals surface area contributed by atoms with Crippen molar-refractivity contribution in [2.75, 3.05) is 20.8 Å². The number of hydrogen-bond donors (Lipinski definition) is 0. The van der Waals surface area contributed by atoms with Crippen molar-refractivity contribution in [3.8, 4) is 0 Å². The Bertz CT molecular complexity index is 621. The number of rotatable bonds is 3. The van der Waals surface area contributed by atoms with Gasteiger partial charge in [0.1, 0.15) is 6.54 Å². The van der Waals surface area contributed by atoms with Gasteiger partial charge < -0.3 is 9.47 Å². The van der Waals surface area contributed by atoms with Crippen LogP contribution in [0.15, 0.2) is 18.2 Å². The number of fused-ring (bicyclic) bond motifs is 1. The van der Waals surface area contributed by atoms with Crippen LogP contribution in [-0.4, -0.2) is 49.4 Å². The molecule has 104 valence electrons. The van der Waals surface area contributed by atoms with E-state index in [1.54, 1.807) is 0 Å². The molecule has 0 bridgehead atoms. The lowest BCUT2D eigenvalue weighted by Gasteiger charge is -2.11. The molecular weight excluding hydrogens is 266 g/mol. The number of imide groups is 1. The zero-order chi connectivity index (χ0) is 14.9. The fourth-order valence-corrected chi connectivity index (χ4v) is 1.87. The van der Waals surface area contributed by atoms with Gasteiger partial charge in [0, 0.05) is 0 Å². The predicted molar refractivity (Wildman–Crippen MR) is 65.2 cm³/mol. The van der Waals surface area contributed by atoms with E-state index in [9.17, 15) is 19.2 Å². The van der Waals surface area contributed by atoms with E-state index in [0.29, 0.717) is 0 Å². The predicted octanol–water partition coefficient (Wildman–Crippen LogP) is 0.242. The monoisotopic (exact) mass is 277 g/mol. The van der Waals surface area contributed by atoms with Gasteiger partial charge in [0.2, 0.25) is 0 Å². The lowest BCUT2D eigenvalue weighted by Crippen LogP contribution is -2.35. The second-order valence-electron chi connectivity index (χ2n) is 4.02. The van der Waals surface area contributed by atoms with Crippen LogP contribution < -0.4 is 0 Å². The van der Waals surface area contributed by atoms with Gasteiger partial charge in [-0.25, -0.2) is 4.79 Å². The van der Waals surface area contributed by atoms with E-state index < -0.39 is 30.3 Å². The first kappa shape index (κ1) is 13.7. The molecule has 0 saturated heterocycles. The normalized spacial score (nSPS) is 13.2. The summed E-state index contributed by atoms with van der Waals surface area (Å²) in [5.74, 6) is -2.54. The Hall–Kier alpha value is -2.70. The summed E-state index contributed by atoms with van der Waals surface area (Å²) in [4.78, 5) is 47.4. The van der Waals surface area contributed by atoms with Gasteiger partial charge in [-0.15, -0.1) is 0 Å². The molecule has 1 aliphatic rings. The molecule has 0 saturated carbocycles. The number of ether oxygens (including phenoxy) is 2. The fraction of sp³-hybridized carbons (Fsp3) is 0.231. The summed E-state index contributed by atoms with van der Waals surface area (Å²) < 4.78 is 8.97. The zero-order valence-corrected chi connectivity index (χ0v) is 10.8. The number of amides is 2. The van der Waals surface area contributed by atoms with Crippen molar-refractivity contribution in [1.82, 2.24) is 4.90 Å². The number of nitrogens with zero attached hydrogens (tertiary/aromatic N) is 1. The van der Waals surface area contributed by atoms with E-state index in [4.69, 9.17) is 0 Å². The molecule has 1 aromatic carbocycles. The molecule has 2 amide bonds. The quantitative estimate of drug-likeness (QED) is 0.581. The molecule has 0 N–H and O–H groups in total. The van der Waals surface area contributed by atoms with Crippen molar-refractivity contribution in [3.05, 3.63) is 34.9 Å². The molecule has 1 aliphatic heterocycles. The third kappa shape index (κ3) is 2.13. The SMILES string of the molecule is COC(=O)CN1C(=O)c2ccc(C(=O)OC)cc2C1=O. The number of benzene rings is 1. The lowest BCUT2D eigenvalue weighted by molar-refractivity contribution is -0.140. The Kier molecular flexibility index (Phi) is 3.51.